The van der Waals surface area contributed by atoms with Gasteiger partial charge >= 0.3 is 0 Å². The summed E-state index contributed by atoms with van der Waals surface area (Å²) < 4.78 is 51.8. The van der Waals surface area contributed by atoms with Crippen LogP contribution in [0.1, 0.15) is 37.8 Å². The molecule has 1 N–H and O–H groups in total. The summed E-state index contributed by atoms with van der Waals surface area (Å²) in [4.78, 5) is 14.9. The van der Waals surface area contributed by atoms with E-state index in [0.29, 0.717) is 0 Å². The number of rotatable bonds is 7. The average molecular weight is 452 g/mol. The van der Waals surface area contributed by atoms with Crippen molar-refractivity contribution in [1.82, 2.24) is 5.32 Å². The summed E-state index contributed by atoms with van der Waals surface area (Å²) in [6.45, 7) is 3.34. The largest absolute Gasteiger partial charge is 0.372 e. The van der Waals surface area contributed by atoms with Gasteiger partial charge in [-0.1, -0.05) is 12.1 Å². The number of piperidine rings is 1. The number of benzene rings is 2. The summed E-state index contributed by atoms with van der Waals surface area (Å²) in [6.07, 6.45) is 4.53. The summed E-state index contributed by atoms with van der Waals surface area (Å²) in [7, 11) is -3.88. The van der Waals surface area contributed by atoms with Crippen molar-refractivity contribution in [3.8, 4) is 0 Å². The molecule has 168 valence electrons. The van der Waals surface area contributed by atoms with E-state index in [-0.39, 0.29) is 11.7 Å². The second kappa shape index (κ2) is 9.64. The van der Waals surface area contributed by atoms with E-state index in [9.17, 15) is 22.0 Å². The van der Waals surface area contributed by atoms with Crippen molar-refractivity contribution in [2.24, 2.45) is 0 Å². The van der Waals surface area contributed by atoms with E-state index >= 15 is 0 Å². The molecule has 0 saturated carbocycles. The lowest BCUT2D eigenvalue weighted by atomic mass is 10.1. The lowest BCUT2D eigenvalue weighted by Crippen LogP contribution is -2.41. The Bertz CT molecular complexity index is 1020. The number of anilines is 2. The first-order valence-corrected chi connectivity index (χ1v) is 12.1. The number of nitrogens with zero attached hydrogens (tertiary/aromatic N) is 2. The summed E-state index contributed by atoms with van der Waals surface area (Å²) in [5.41, 5.74) is 1.91. The fourth-order valence-electron chi connectivity index (χ4n) is 3.67. The van der Waals surface area contributed by atoms with E-state index in [4.69, 9.17) is 0 Å². The minimum atomic E-state index is -3.88. The van der Waals surface area contributed by atoms with Crippen LogP contribution in [-0.4, -0.2) is 40.2 Å². The minimum Gasteiger partial charge on any atom is -0.372 e. The van der Waals surface area contributed by atoms with Crippen molar-refractivity contribution in [3.05, 3.63) is 59.7 Å². The molecule has 0 spiro atoms. The molecule has 31 heavy (non-hydrogen) atoms. The summed E-state index contributed by atoms with van der Waals surface area (Å²) in [6, 6.07) is 10.3. The van der Waals surface area contributed by atoms with Crippen LogP contribution in [0.25, 0.3) is 0 Å². The Morgan fingerprint density at radius 2 is 1.71 bits per heavy atom. The van der Waals surface area contributed by atoms with Crippen molar-refractivity contribution >= 4 is 27.3 Å². The third-order valence-corrected chi connectivity index (χ3v) is 6.51. The van der Waals surface area contributed by atoms with Crippen LogP contribution in [0, 0.1) is 11.6 Å². The van der Waals surface area contributed by atoms with Crippen LogP contribution < -0.4 is 14.5 Å². The highest BCUT2D eigenvalue weighted by molar-refractivity contribution is 7.92. The molecule has 9 heteroatoms. The number of nitrogens with one attached hydrogen (secondary N) is 1. The van der Waals surface area contributed by atoms with Gasteiger partial charge in [0.15, 0.2) is 11.6 Å². The molecule has 1 atom stereocenters. The van der Waals surface area contributed by atoms with Gasteiger partial charge in [-0.05, 0) is 56.0 Å². The molecule has 1 aliphatic rings. The number of halogens is 2. The highest BCUT2D eigenvalue weighted by Gasteiger charge is 2.23. The van der Waals surface area contributed by atoms with Crippen LogP contribution in [0.2, 0.25) is 0 Å². The van der Waals surface area contributed by atoms with Gasteiger partial charge in [-0.3, -0.25) is 9.10 Å². The first kappa shape index (κ1) is 23.0. The SMILES string of the molecule is CC(NC(=O)CN(c1ccc(F)c(F)c1)S(C)(=O)=O)c1ccc(N2CCCCC2)cc1. The molecule has 0 bridgehead atoms. The number of hydrogen-bond donors (Lipinski definition) is 1. The monoisotopic (exact) mass is 451 g/mol. The van der Waals surface area contributed by atoms with Gasteiger partial charge in [0.1, 0.15) is 6.54 Å². The van der Waals surface area contributed by atoms with E-state index in [0.717, 1.165) is 53.1 Å². The minimum absolute atomic E-state index is 0.116. The number of carbonyl (C=O) groups is 1. The Kier molecular flexibility index (Phi) is 7.15. The van der Waals surface area contributed by atoms with Gasteiger partial charge in [-0.15, -0.1) is 0 Å². The lowest BCUT2D eigenvalue weighted by molar-refractivity contribution is -0.120. The van der Waals surface area contributed by atoms with Crippen LogP contribution in [0.15, 0.2) is 42.5 Å². The molecule has 0 radical (unpaired) electrons. The molecule has 6 nitrogen and oxygen atoms in total. The summed E-state index contributed by atoms with van der Waals surface area (Å²) in [5.74, 6) is -2.83. The van der Waals surface area contributed by atoms with Crippen LogP contribution in [-0.2, 0) is 14.8 Å². The van der Waals surface area contributed by atoms with Crippen molar-refractivity contribution in [3.63, 3.8) is 0 Å². The maximum atomic E-state index is 13.6. The van der Waals surface area contributed by atoms with Crippen LogP contribution in [0.4, 0.5) is 20.2 Å². The van der Waals surface area contributed by atoms with Crippen molar-refractivity contribution < 1.29 is 22.0 Å². The molecule has 0 aromatic heterocycles. The Morgan fingerprint density at radius 3 is 2.29 bits per heavy atom. The standard InChI is InChI=1S/C22H27F2N3O3S/c1-16(17-6-8-18(9-7-17)26-12-4-3-5-13-26)25-22(28)15-27(31(2,29)30)19-10-11-20(23)21(24)14-19/h6-11,14,16H,3-5,12-13,15H2,1-2H3,(H,25,28). The second-order valence-electron chi connectivity index (χ2n) is 7.80. The highest BCUT2D eigenvalue weighted by atomic mass is 32.2. The van der Waals surface area contributed by atoms with Gasteiger partial charge < -0.3 is 10.2 Å². The molecule has 1 aliphatic heterocycles. The molecule has 0 aliphatic carbocycles. The predicted octanol–water partition coefficient (Wildman–Crippen LogP) is 3.60. The zero-order valence-electron chi connectivity index (χ0n) is 17.6. The van der Waals surface area contributed by atoms with Crippen molar-refractivity contribution in [2.75, 3.05) is 35.1 Å². The number of sulfonamides is 1. The molecule has 1 saturated heterocycles. The van der Waals surface area contributed by atoms with Gasteiger partial charge in [0.05, 0.1) is 18.0 Å². The van der Waals surface area contributed by atoms with Crippen LogP contribution in [0.5, 0.6) is 0 Å². The van der Waals surface area contributed by atoms with Crippen molar-refractivity contribution in [2.45, 2.75) is 32.2 Å². The number of hydrogen-bond acceptors (Lipinski definition) is 4. The Morgan fingerprint density at radius 1 is 1.06 bits per heavy atom. The lowest BCUT2D eigenvalue weighted by Gasteiger charge is -2.29. The third kappa shape index (κ3) is 5.94. The Labute approximate surface area is 181 Å². The van der Waals surface area contributed by atoms with E-state index < -0.39 is 34.1 Å². The van der Waals surface area contributed by atoms with Gasteiger partial charge in [0, 0.05) is 24.8 Å². The average Bonchev–Trinajstić information content (AvgIpc) is 2.74. The van der Waals surface area contributed by atoms with E-state index in [1.54, 1.807) is 6.92 Å². The van der Waals surface area contributed by atoms with E-state index in [1.165, 1.54) is 19.3 Å². The van der Waals surface area contributed by atoms with Gasteiger partial charge in [-0.2, -0.15) is 0 Å². The molecular formula is C22H27F2N3O3S. The Balaban J connectivity index is 1.66. The maximum Gasteiger partial charge on any atom is 0.241 e. The smallest absolute Gasteiger partial charge is 0.241 e. The van der Waals surface area contributed by atoms with Crippen LogP contribution >= 0.6 is 0 Å². The van der Waals surface area contributed by atoms with Crippen LogP contribution in [0.3, 0.4) is 0 Å². The zero-order valence-corrected chi connectivity index (χ0v) is 18.5. The molecule has 1 unspecified atom stereocenters. The first-order valence-electron chi connectivity index (χ1n) is 10.2. The fourth-order valence-corrected chi connectivity index (χ4v) is 4.52. The molecule has 1 amide bonds. The molecule has 1 fully saturated rings. The first-order chi connectivity index (χ1) is 14.6. The molecule has 1 heterocycles. The molecular weight excluding hydrogens is 424 g/mol. The Hall–Kier alpha value is -2.68. The fraction of sp³-hybridized carbons (Fsp3) is 0.409. The zero-order chi connectivity index (χ0) is 22.6. The quantitative estimate of drug-likeness (QED) is 0.699. The van der Waals surface area contributed by atoms with Gasteiger partial charge in [0.25, 0.3) is 0 Å². The van der Waals surface area contributed by atoms with Gasteiger partial charge in [0.2, 0.25) is 15.9 Å². The van der Waals surface area contributed by atoms with E-state index in [1.807, 2.05) is 24.3 Å². The second-order valence-corrected chi connectivity index (χ2v) is 9.70. The number of carbonyl (C=O) groups excluding carboxylic acids is 1. The molecule has 3 rings (SSSR count). The highest BCUT2D eigenvalue weighted by Crippen LogP contribution is 2.23. The van der Waals surface area contributed by atoms with E-state index in [2.05, 4.69) is 10.2 Å². The summed E-state index contributed by atoms with van der Waals surface area (Å²) in [5, 5.41) is 2.77. The predicted molar refractivity (Wildman–Crippen MR) is 118 cm³/mol. The summed E-state index contributed by atoms with van der Waals surface area (Å²) >= 11 is 0. The topological polar surface area (TPSA) is 69.7 Å². The number of amides is 1. The normalized spacial score (nSPS) is 15.4. The maximum absolute atomic E-state index is 13.6. The van der Waals surface area contributed by atoms with Crippen molar-refractivity contribution in [1.29, 1.82) is 0 Å². The third-order valence-electron chi connectivity index (χ3n) is 5.37. The van der Waals surface area contributed by atoms with Gasteiger partial charge in [-0.25, -0.2) is 17.2 Å². The molecule has 2 aromatic rings. The molecule has 2 aromatic carbocycles.